The van der Waals surface area contributed by atoms with Gasteiger partial charge in [-0.15, -0.1) is 0 Å². The molecule has 0 aromatic carbocycles. The summed E-state index contributed by atoms with van der Waals surface area (Å²) < 4.78 is 0. The maximum absolute atomic E-state index is 2.59. The van der Waals surface area contributed by atoms with Crippen LogP contribution in [0.5, 0.6) is 0 Å². The van der Waals surface area contributed by atoms with E-state index in [0.717, 1.165) is 23.7 Å². The van der Waals surface area contributed by atoms with Crippen LogP contribution in [-0.2, 0) is 0 Å². The number of rotatable bonds is 1. The second-order valence-electron chi connectivity index (χ2n) is 8.98. The largest absolute Gasteiger partial charge is 0.0837 e. The van der Waals surface area contributed by atoms with E-state index in [2.05, 4.69) is 39.0 Å². The molecule has 0 heteroatoms. The van der Waals surface area contributed by atoms with Crippen LogP contribution in [0.25, 0.3) is 0 Å². The van der Waals surface area contributed by atoms with Crippen molar-refractivity contribution in [3.05, 3.63) is 23.8 Å². The van der Waals surface area contributed by atoms with E-state index in [0.29, 0.717) is 10.8 Å². The Morgan fingerprint density at radius 3 is 2.76 bits per heavy atom. The number of allylic oxidation sites excluding steroid dienone is 4. The molecule has 0 bridgehead atoms. The summed E-state index contributed by atoms with van der Waals surface area (Å²) in [6.07, 6.45) is 19.0. The summed E-state index contributed by atoms with van der Waals surface area (Å²) >= 11 is 0. The highest BCUT2D eigenvalue weighted by atomic mass is 14.6. The zero-order valence-electron chi connectivity index (χ0n) is 14.2. The van der Waals surface area contributed by atoms with Crippen LogP contribution in [0.3, 0.4) is 0 Å². The predicted molar refractivity (Wildman–Crippen MR) is 90.0 cm³/mol. The van der Waals surface area contributed by atoms with Gasteiger partial charge in [0.05, 0.1) is 0 Å². The average Bonchev–Trinajstić information content (AvgIpc) is 2.92. The van der Waals surface area contributed by atoms with Crippen molar-refractivity contribution in [3.8, 4) is 0 Å². The molecule has 116 valence electrons. The van der Waals surface area contributed by atoms with Gasteiger partial charge in [0.25, 0.3) is 0 Å². The summed E-state index contributed by atoms with van der Waals surface area (Å²) in [7, 11) is 0. The number of hydrogen-bond acceptors (Lipinski definition) is 0. The van der Waals surface area contributed by atoms with Gasteiger partial charge in [0.2, 0.25) is 0 Å². The Balaban J connectivity index is 1.69. The van der Waals surface area contributed by atoms with Crippen molar-refractivity contribution in [1.82, 2.24) is 0 Å². The van der Waals surface area contributed by atoms with Crippen molar-refractivity contribution in [3.63, 3.8) is 0 Å². The second-order valence-corrected chi connectivity index (χ2v) is 8.98. The van der Waals surface area contributed by atoms with Gasteiger partial charge in [-0.2, -0.15) is 0 Å². The maximum atomic E-state index is 2.59. The lowest BCUT2D eigenvalue weighted by Crippen LogP contribution is -2.50. The standard InChI is InChI=1S/C21H32/c1-15(2)21-13-6-8-19(21)17-10-9-16-7-4-5-12-20(16,3)18(17)11-14-21/h4-5,7,15,17-19H,6,8-14H2,1-3H3/t17-,18+,19+,20+,21+/m1/s1. The quantitative estimate of drug-likeness (QED) is 0.542. The molecule has 4 aliphatic carbocycles. The molecule has 0 saturated heterocycles. The molecule has 4 rings (SSSR count). The van der Waals surface area contributed by atoms with Crippen molar-refractivity contribution >= 4 is 0 Å². The van der Waals surface area contributed by atoms with Crippen LogP contribution in [0, 0.1) is 34.5 Å². The summed E-state index contributed by atoms with van der Waals surface area (Å²) in [4.78, 5) is 0. The Labute approximate surface area is 131 Å². The van der Waals surface area contributed by atoms with Gasteiger partial charge in [-0.25, -0.2) is 0 Å². The Morgan fingerprint density at radius 2 is 1.95 bits per heavy atom. The topological polar surface area (TPSA) is 0 Å². The molecule has 3 saturated carbocycles. The van der Waals surface area contributed by atoms with E-state index in [1.165, 1.54) is 51.4 Å². The molecule has 4 aliphatic rings. The molecule has 0 nitrogen and oxygen atoms in total. The minimum absolute atomic E-state index is 0.503. The first-order chi connectivity index (χ1) is 10.1. The molecule has 0 N–H and O–H groups in total. The van der Waals surface area contributed by atoms with Crippen LogP contribution in [-0.4, -0.2) is 0 Å². The Bertz CT molecular complexity index is 482. The highest BCUT2D eigenvalue weighted by molar-refractivity contribution is 5.30. The fourth-order valence-electron chi connectivity index (χ4n) is 7.09. The van der Waals surface area contributed by atoms with E-state index in [-0.39, 0.29) is 0 Å². The Hall–Kier alpha value is -0.520. The number of hydrogen-bond donors (Lipinski definition) is 0. The summed E-state index contributed by atoms with van der Waals surface area (Å²) in [5.74, 6) is 3.93. The highest BCUT2D eigenvalue weighted by Gasteiger charge is 2.57. The first kappa shape index (κ1) is 14.1. The molecule has 5 atom stereocenters. The lowest BCUT2D eigenvalue weighted by molar-refractivity contribution is -0.0599. The van der Waals surface area contributed by atoms with Gasteiger partial charge in [0.1, 0.15) is 0 Å². The molecule has 21 heavy (non-hydrogen) atoms. The third kappa shape index (κ3) is 1.80. The molecule has 0 aromatic rings. The molecule has 0 heterocycles. The smallest absolute Gasteiger partial charge is 0.00477 e. The first-order valence-electron chi connectivity index (χ1n) is 9.44. The molecule has 0 radical (unpaired) electrons. The van der Waals surface area contributed by atoms with Crippen molar-refractivity contribution in [2.75, 3.05) is 0 Å². The summed E-state index contributed by atoms with van der Waals surface area (Å²) in [5.41, 5.74) is 2.99. The summed E-state index contributed by atoms with van der Waals surface area (Å²) in [6, 6.07) is 0. The van der Waals surface area contributed by atoms with E-state index < -0.39 is 0 Å². The van der Waals surface area contributed by atoms with E-state index in [9.17, 15) is 0 Å². The SMILES string of the molecule is CC(C)[C@@]12CCC[C@H]1[C@@H]1CCC3=CC=CC[C@]3(C)[C@H]1CC2. The van der Waals surface area contributed by atoms with Crippen LogP contribution in [0.2, 0.25) is 0 Å². The number of fused-ring (bicyclic) bond motifs is 5. The average molecular weight is 284 g/mol. The van der Waals surface area contributed by atoms with Gasteiger partial charge in [-0.1, -0.05) is 51.0 Å². The van der Waals surface area contributed by atoms with Gasteiger partial charge in [0.15, 0.2) is 0 Å². The van der Waals surface area contributed by atoms with Crippen LogP contribution < -0.4 is 0 Å². The van der Waals surface area contributed by atoms with Gasteiger partial charge in [-0.05, 0) is 79.4 Å². The van der Waals surface area contributed by atoms with Crippen molar-refractivity contribution in [2.45, 2.75) is 72.1 Å². The zero-order chi connectivity index (χ0) is 14.7. The van der Waals surface area contributed by atoms with Gasteiger partial charge >= 0.3 is 0 Å². The molecule has 0 amide bonds. The predicted octanol–water partition coefficient (Wildman–Crippen LogP) is 6.14. The molecule has 0 spiro atoms. The maximum Gasteiger partial charge on any atom is -0.00477 e. The van der Waals surface area contributed by atoms with E-state index in [1.54, 1.807) is 5.57 Å². The zero-order valence-corrected chi connectivity index (χ0v) is 14.2. The fraction of sp³-hybridized carbons (Fsp3) is 0.810. The molecular formula is C21H32. The van der Waals surface area contributed by atoms with E-state index in [4.69, 9.17) is 0 Å². The fourth-order valence-corrected chi connectivity index (χ4v) is 7.09. The highest BCUT2D eigenvalue weighted by Crippen LogP contribution is 2.66. The summed E-state index contributed by atoms with van der Waals surface area (Å²) in [6.45, 7) is 7.62. The second kappa shape index (κ2) is 4.74. The third-order valence-electron chi connectivity index (χ3n) is 8.27. The minimum Gasteiger partial charge on any atom is -0.0837 e. The van der Waals surface area contributed by atoms with E-state index in [1.807, 2.05) is 0 Å². The molecular weight excluding hydrogens is 252 g/mol. The Morgan fingerprint density at radius 1 is 1.10 bits per heavy atom. The van der Waals surface area contributed by atoms with Crippen LogP contribution in [0.1, 0.15) is 72.1 Å². The normalized spacial score (nSPS) is 48.6. The van der Waals surface area contributed by atoms with Crippen LogP contribution >= 0.6 is 0 Å². The van der Waals surface area contributed by atoms with E-state index >= 15 is 0 Å². The van der Waals surface area contributed by atoms with Crippen molar-refractivity contribution in [2.24, 2.45) is 34.5 Å². The molecule has 3 fully saturated rings. The lowest BCUT2D eigenvalue weighted by Gasteiger charge is -2.58. The van der Waals surface area contributed by atoms with Crippen LogP contribution in [0.4, 0.5) is 0 Å². The molecule has 0 aromatic heterocycles. The molecule has 0 aliphatic heterocycles. The van der Waals surface area contributed by atoms with Crippen molar-refractivity contribution < 1.29 is 0 Å². The van der Waals surface area contributed by atoms with Crippen LogP contribution in [0.15, 0.2) is 23.8 Å². The third-order valence-corrected chi connectivity index (χ3v) is 8.27. The molecule has 0 unspecified atom stereocenters. The van der Waals surface area contributed by atoms with Gasteiger partial charge in [-0.3, -0.25) is 0 Å². The minimum atomic E-state index is 0.503. The first-order valence-corrected chi connectivity index (χ1v) is 9.44. The lowest BCUT2D eigenvalue weighted by atomic mass is 9.46. The van der Waals surface area contributed by atoms with Gasteiger partial charge < -0.3 is 0 Å². The summed E-state index contributed by atoms with van der Waals surface area (Å²) in [5, 5.41) is 0. The Kier molecular flexibility index (Phi) is 3.18. The monoisotopic (exact) mass is 284 g/mol. The van der Waals surface area contributed by atoms with Gasteiger partial charge in [0, 0.05) is 0 Å². The van der Waals surface area contributed by atoms with Crippen molar-refractivity contribution in [1.29, 1.82) is 0 Å².